The number of piperazine rings is 1. The molecule has 2 amide bonds. The molecule has 1 saturated heterocycles. The van der Waals surface area contributed by atoms with Crippen molar-refractivity contribution in [1.29, 1.82) is 0 Å². The first-order valence-electron chi connectivity index (χ1n) is 12.5. The quantitative estimate of drug-likeness (QED) is 0.483. The minimum absolute atomic E-state index is 0.0452. The Balaban J connectivity index is 1.19. The maximum atomic E-state index is 13.2. The van der Waals surface area contributed by atoms with Crippen LogP contribution in [0.25, 0.3) is 0 Å². The van der Waals surface area contributed by atoms with Gasteiger partial charge in [-0.25, -0.2) is 0 Å². The standard InChI is InChI=1S/C28H33N3O2S2/c1-20-5-7-22(8-6-20)28-24-11-17-35-25(24)9-12-29(28)13-10-26(32)30-14-15-31(21(2)19-30)27(33)18-23-4-3-16-34-23/h3-8,11,16-17,21,28H,9-10,12-15,18-19H2,1-2H3/t21-,28+/m1/s1. The highest BCUT2D eigenvalue weighted by atomic mass is 32.1. The van der Waals surface area contributed by atoms with Crippen molar-refractivity contribution in [2.45, 2.75) is 45.2 Å². The molecular weight excluding hydrogens is 474 g/mol. The van der Waals surface area contributed by atoms with Crippen LogP contribution in [0.1, 0.15) is 45.8 Å². The molecule has 0 unspecified atom stereocenters. The van der Waals surface area contributed by atoms with E-state index < -0.39 is 0 Å². The summed E-state index contributed by atoms with van der Waals surface area (Å²) in [4.78, 5) is 34.9. The first-order valence-corrected chi connectivity index (χ1v) is 14.2. The van der Waals surface area contributed by atoms with Crippen molar-refractivity contribution < 1.29 is 9.59 Å². The van der Waals surface area contributed by atoms with Gasteiger partial charge in [-0.05, 0) is 54.3 Å². The van der Waals surface area contributed by atoms with Gasteiger partial charge in [-0.15, -0.1) is 22.7 Å². The van der Waals surface area contributed by atoms with Gasteiger partial charge >= 0.3 is 0 Å². The molecule has 2 aromatic heterocycles. The average Bonchev–Trinajstić information content (AvgIpc) is 3.54. The molecule has 0 aliphatic carbocycles. The number of carbonyl (C=O) groups is 2. The fraction of sp³-hybridized carbons (Fsp3) is 0.429. The maximum absolute atomic E-state index is 13.2. The Morgan fingerprint density at radius 2 is 1.80 bits per heavy atom. The normalized spacial score (nSPS) is 20.6. The van der Waals surface area contributed by atoms with Crippen LogP contribution in [0.5, 0.6) is 0 Å². The molecule has 0 spiro atoms. The highest BCUT2D eigenvalue weighted by Gasteiger charge is 2.32. The second-order valence-electron chi connectivity index (χ2n) is 9.68. The predicted molar refractivity (Wildman–Crippen MR) is 143 cm³/mol. The lowest BCUT2D eigenvalue weighted by Gasteiger charge is -2.41. The summed E-state index contributed by atoms with van der Waals surface area (Å²) in [5.74, 6) is 0.355. The third-order valence-corrected chi connectivity index (χ3v) is 9.15. The Hall–Kier alpha value is -2.48. The van der Waals surface area contributed by atoms with E-state index in [2.05, 4.69) is 54.5 Å². The van der Waals surface area contributed by atoms with E-state index in [1.54, 1.807) is 11.3 Å². The first-order chi connectivity index (χ1) is 17.0. The third kappa shape index (κ3) is 5.37. The fourth-order valence-corrected chi connectivity index (χ4v) is 6.96. The van der Waals surface area contributed by atoms with Crippen LogP contribution in [0, 0.1) is 6.92 Å². The summed E-state index contributed by atoms with van der Waals surface area (Å²) in [5, 5.41) is 4.20. The number of hydrogen-bond acceptors (Lipinski definition) is 5. The second kappa shape index (κ2) is 10.6. The van der Waals surface area contributed by atoms with E-state index >= 15 is 0 Å². The van der Waals surface area contributed by atoms with Gasteiger partial charge in [-0.1, -0.05) is 35.9 Å². The van der Waals surface area contributed by atoms with E-state index in [9.17, 15) is 9.59 Å². The molecule has 1 fully saturated rings. The van der Waals surface area contributed by atoms with Crippen LogP contribution in [0.3, 0.4) is 0 Å². The summed E-state index contributed by atoms with van der Waals surface area (Å²) in [6, 6.07) is 15.3. The SMILES string of the molecule is Cc1ccc([C@H]2c3ccsc3CCN2CCC(=O)N2CCN(C(=O)Cc3cccs3)[C@H](C)C2)cc1. The topological polar surface area (TPSA) is 43.9 Å². The summed E-state index contributed by atoms with van der Waals surface area (Å²) in [6.45, 7) is 7.75. The number of fused-ring (bicyclic) bond motifs is 1. The number of benzene rings is 1. The summed E-state index contributed by atoms with van der Waals surface area (Å²) < 4.78 is 0. The molecule has 1 aromatic carbocycles. The van der Waals surface area contributed by atoms with Gasteiger partial charge in [-0.2, -0.15) is 0 Å². The Labute approximate surface area is 216 Å². The van der Waals surface area contributed by atoms with E-state index in [4.69, 9.17) is 0 Å². The number of aryl methyl sites for hydroxylation is 1. The van der Waals surface area contributed by atoms with Gasteiger partial charge in [0, 0.05) is 54.9 Å². The van der Waals surface area contributed by atoms with Crippen LogP contribution >= 0.6 is 22.7 Å². The molecule has 5 nitrogen and oxygen atoms in total. The van der Waals surface area contributed by atoms with Crippen molar-refractivity contribution in [2.24, 2.45) is 0 Å². The molecule has 3 aromatic rings. The Morgan fingerprint density at radius 1 is 0.971 bits per heavy atom. The lowest BCUT2D eigenvalue weighted by molar-refractivity contribution is -0.142. The van der Waals surface area contributed by atoms with Gasteiger partial charge in [-0.3, -0.25) is 14.5 Å². The van der Waals surface area contributed by atoms with Crippen molar-refractivity contribution >= 4 is 34.5 Å². The van der Waals surface area contributed by atoms with Crippen molar-refractivity contribution in [2.75, 3.05) is 32.7 Å². The zero-order chi connectivity index (χ0) is 24.4. The Bertz CT molecular complexity index is 1160. The average molecular weight is 508 g/mol. The first kappa shape index (κ1) is 24.2. The number of rotatable bonds is 6. The molecule has 0 saturated carbocycles. The van der Waals surface area contributed by atoms with Gasteiger partial charge in [0.1, 0.15) is 0 Å². The highest BCUT2D eigenvalue weighted by Crippen LogP contribution is 2.37. The minimum Gasteiger partial charge on any atom is -0.339 e. The van der Waals surface area contributed by atoms with Crippen LogP contribution < -0.4 is 0 Å². The number of amides is 2. The van der Waals surface area contributed by atoms with E-state index in [-0.39, 0.29) is 23.9 Å². The van der Waals surface area contributed by atoms with Gasteiger partial charge in [0.2, 0.25) is 11.8 Å². The van der Waals surface area contributed by atoms with Crippen LogP contribution in [-0.2, 0) is 22.4 Å². The Kier molecular flexibility index (Phi) is 7.37. The molecule has 35 heavy (non-hydrogen) atoms. The summed E-state index contributed by atoms with van der Waals surface area (Å²) in [5.41, 5.74) is 3.96. The monoisotopic (exact) mass is 507 g/mol. The lowest BCUT2D eigenvalue weighted by atomic mass is 9.92. The van der Waals surface area contributed by atoms with E-state index in [0.29, 0.717) is 32.5 Å². The van der Waals surface area contributed by atoms with E-state index in [1.807, 2.05) is 38.6 Å². The van der Waals surface area contributed by atoms with Gasteiger partial charge < -0.3 is 9.80 Å². The molecule has 0 bridgehead atoms. The number of hydrogen-bond donors (Lipinski definition) is 0. The molecule has 2 aliphatic rings. The lowest BCUT2D eigenvalue weighted by Crippen LogP contribution is -2.56. The molecule has 0 radical (unpaired) electrons. The summed E-state index contributed by atoms with van der Waals surface area (Å²) >= 11 is 3.47. The molecule has 2 aliphatic heterocycles. The Morgan fingerprint density at radius 3 is 2.54 bits per heavy atom. The van der Waals surface area contributed by atoms with Crippen molar-refractivity contribution in [3.05, 3.63) is 79.7 Å². The summed E-state index contributed by atoms with van der Waals surface area (Å²) in [7, 11) is 0. The third-order valence-electron chi connectivity index (χ3n) is 7.28. The number of carbonyl (C=O) groups excluding carboxylic acids is 2. The number of thiophene rings is 2. The highest BCUT2D eigenvalue weighted by molar-refractivity contribution is 7.10. The minimum atomic E-state index is 0.0452. The summed E-state index contributed by atoms with van der Waals surface area (Å²) in [6.07, 6.45) is 2.01. The van der Waals surface area contributed by atoms with Crippen molar-refractivity contribution in [3.8, 4) is 0 Å². The molecule has 0 N–H and O–H groups in total. The van der Waals surface area contributed by atoms with E-state index in [0.717, 1.165) is 24.4 Å². The maximum Gasteiger partial charge on any atom is 0.228 e. The van der Waals surface area contributed by atoms with Crippen LogP contribution in [0.15, 0.2) is 53.2 Å². The van der Waals surface area contributed by atoms with Gasteiger partial charge in [0.05, 0.1) is 12.5 Å². The van der Waals surface area contributed by atoms with Crippen molar-refractivity contribution in [1.82, 2.24) is 14.7 Å². The smallest absolute Gasteiger partial charge is 0.228 e. The van der Waals surface area contributed by atoms with E-state index in [1.165, 1.54) is 21.6 Å². The molecule has 5 rings (SSSR count). The zero-order valence-corrected chi connectivity index (χ0v) is 22.1. The predicted octanol–water partition coefficient (Wildman–Crippen LogP) is 4.76. The largest absolute Gasteiger partial charge is 0.339 e. The van der Waals surface area contributed by atoms with Crippen LogP contribution in [-0.4, -0.2) is 65.3 Å². The van der Waals surface area contributed by atoms with Crippen molar-refractivity contribution in [3.63, 3.8) is 0 Å². The molecule has 2 atom stereocenters. The molecular formula is C28H33N3O2S2. The second-order valence-corrected chi connectivity index (χ2v) is 11.7. The number of nitrogens with zero attached hydrogens (tertiary/aromatic N) is 3. The zero-order valence-electron chi connectivity index (χ0n) is 20.5. The van der Waals surface area contributed by atoms with Crippen LogP contribution in [0.4, 0.5) is 0 Å². The molecule has 4 heterocycles. The fourth-order valence-electron chi connectivity index (χ4n) is 5.36. The van der Waals surface area contributed by atoms with Gasteiger partial charge in [0.15, 0.2) is 0 Å². The van der Waals surface area contributed by atoms with Gasteiger partial charge in [0.25, 0.3) is 0 Å². The van der Waals surface area contributed by atoms with Crippen LogP contribution in [0.2, 0.25) is 0 Å². The molecule has 184 valence electrons. The molecule has 7 heteroatoms.